The first-order valence-electron chi connectivity index (χ1n) is 9.15. The summed E-state index contributed by atoms with van der Waals surface area (Å²) in [6, 6.07) is 18.2. The van der Waals surface area contributed by atoms with Crippen molar-refractivity contribution < 1.29 is 4.42 Å². The highest BCUT2D eigenvalue weighted by molar-refractivity contribution is 7.98. The van der Waals surface area contributed by atoms with E-state index in [9.17, 15) is 0 Å². The number of rotatable bonds is 6. The Balaban J connectivity index is 1.51. The van der Waals surface area contributed by atoms with E-state index < -0.39 is 0 Å². The molecule has 142 valence electrons. The molecule has 0 N–H and O–H groups in total. The Bertz CT molecular complexity index is 1050. The quantitative estimate of drug-likeness (QED) is 0.429. The van der Waals surface area contributed by atoms with Gasteiger partial charge in [-0.3, -0.25) is 0 Å². The van der Waals surface area contributed by atoms with Crippen LogP contribution in [0, 0.1) is 6.92 Å². The predicted octanol–water partition coefficient (Wildman–Crippen LogP) is 5.04. The van der Waals surface area contributed by atoms with Crippen molar-refractivity contribution in [2.24, 2.45) is 0 Å². The van der Waals surface area contributed by atoms with Crippen LogP contribution in [0.4, 0.5) is 0 Å². The van der Waals surface area contributed by atoms with Gasteiger partial charge in [-0.2, -0.15) is 4.68 Å². The molecule has 0 amide bonds. The molecule has 2 aromatic heterocycles. The fourth-order valence-corrected chi connectivity index (χ4v) is 3.72. The molecule has 0 unspecified atom stereocenters. The number of oxazole rings is 1. The SMILES string of the molecule is Cc1oc(-c2ccccc2)nc1CSc1nnnn1-c1ccc(C(C)C)cc1. The average Bonchev–Trinajstić information content (AvgIpc) is 3.33. The van der Waals surface area contributed by atoms with Crippen molar-refractivity contribution in [3.8, 4) is 17.1 Å². The fourth-order valence-electron chi connectivity index (χ4n) is 2.83. The highest BCUT2D eigenvalue weighted by atomic mass is 32.2. The number of benzene rings is 2. The molecule has 2 aromatic carbocycles. The Labute approximate surface area is 168 Å². The van der Waals surface area contributed by atoms with Gasteiger partial charge in [-0.25, -0.2) is 4.98 Å². The van der Waals surface area contributed by atoms with Crippen molar-refractivity contribution in [3.05, 3.63) is 71.6 Å². The average molecular weight is 392 g/mol. The minimum atomic E-state index is 0.491. The van der Waals surface area contributed by atoms with Crippen molar-refractivity contribution in [1.82, 2.24) is 25.2 Å². The highest BCUT2D eigenvalue weighted by Gasteiger charge is 2.15. The summed E-state index contributed by atoms with van der Waals surface area (Å²) in [6.07, 6.45) is 0. The molecule has 6 nitrogen and oxygen atoms in total. The van der Waals surface area contributed by atoms with Crippen LogP contribution < -0.4 is 0 Å². The molecule has 0 saturated heterocycles. The predicted molar refractivity (Wildman–Crippen MR) is 109 cm³/mol. The molecule has 4 aromatic rings. The number of tetrazole rings is 1. The molecule has 0 saturated carbocycles. The van der Waals surface area contributed by atoms with E-state index in [-0.39, 0.29) is 0 Å². The number of aromatic nitrogens is 5. The third-order valence-electron chi connectivity index (χ3n) is 4.50. The van der Waals surface area contributed by atoms with Crippen LogP contribution in [0.3, 0.4) is 0 Å². The van der Waals surface area contributed by atoms with E-state index in [1.807, 2.05) is 49.4 Å². The summed E-state index contributed by atoms with van der Waals surface area (Å²) < 4.78 is 7.59. The molecule has 0 aliphatic carbocycles. The number of aryl methyl sites for hydroxylation is 1. The van der Waals surface area contributed by atoms with Crippen molar-refractivity contribution in [1.29, 1.82) is 0 Å². The highest BCUT2D eigenvalue weighted by Crippen LogP contribution is 2.27. The standard InChI is InChI=1S/C21H21N5OS/c1-14(2)16-9-11-18(12-10-16)26-21(23-24-25-26)28-13-19-15(3)27-20(22-19)17-7-5-4-6-8-17/h4-12,14H,13H2,1-3H3. The van der Waals surface area contributed by atoms with E-state index in [4.69, 9.17) is 4.42 Å². The van der Waals surface area contributed by atoms with E-state index in [1.54, 1.807) is 4.68 Å². The Kier molecular flexibility index (Phi) is 5.25. The van der Waals surface area contributed by atoms with Crippen LogP contribution in [0.1, 0.15) is 36.8 Å². The summed E-state index contributed by atoms with van der Waals surface area (Å²) >= 11 is 1.54. The molecule has 0 aliphatic heterocycles. The smallest absolute Gasteiger partial charge is 0.226 e. The largest absolute Gasteiger partial charge is 0.441 e. The second-order valence-electron chi connectivity index (χ2n) is 6.80. The Morgan fingerprint density at radius 1 is 1.04 bits per heavy atom. The van der Waals surface area contributed by atoms with Crippen LogP contribution in [-0.4, -0.2) is 25.2 Å². The molecule has 0 spiro atoms. The fraction of sp³-hybridized carbons (Fsp3) is 0.238. The van der Waals surface area contributed by atoms with Crippen LogP contribution in [0.25, 0.3) is 17.1 Å². The van der Waals surface area contributed by atoms with Crippen LogP contribution in [0.5, 0.6) is 0 Å². The summed E-state index contributed by atoms with van der Waals surface area (Å²) in [4.78, 5) is 4.65. The van der Waals surface area contributed by atoms with Crippen molar-refractivity contribution >= 4 is 11.8 Å². The monoisotopic (exact) mass is 391 g/mol. The molecule has 0 atom stereocenters. The topological polar surface area (TPSA) is 69.6 Å². The van der Waals surface area contributed by atoms with Gasteiger partial charge >= 0.3 is 0 Å². The molecular weight excluding hydrogens is 370 g/mol. The van der Waals surface area contributed by atoms with Crippen LogP contribution >= 0.6 is 11.8 Å². The molecular formula is C21H21N5OS. The number of hydrogen-bond donors (Lipinski definition) is 0. The Morgan fingerprint density at radius 2 is 1.79 bits per heavy atom. The van der Waals surface area contributed by atoms with Gasteiger partial charge in [0.1, 0.15) is 5.76 Å². The Morgan fingerprint density at radius 3 is 2.50 bits per heavy atom. The summed E-state index contributed by atoms with van der Waals surface area (Å²) in [7, 11) is 0. The van der Waals surface area contributed by atoms with E-state index in [2.05, 4.69) is 46.5 Å². The van der Waals surface area contributed by atoms with Crippen LogP contribution in [-0.2, 0) is 5.75 Å². The Hall–Kier alpha value is -2.93. The first kappa shape index (κ1) is 18.4. The third kappa shape index (κ3) is 3.84. The van der Waals surface area contributed by atoms with Gasteiger partial charge in [0.25, 0.3) is 0 Å². The zero-order valence-corrected chi connectivity index (χ0v) is 16.8. The molecule has 7 heteroatoms. The van der Waals surface area contributed by atoms with Crippen molar-refractivity contribution in [3.63, 3.8) is 0 Å². The molecule has 0 bridgehead atoms. The maximum Gasteiger partial charge on any atom is 0.226 e. The van der Waals surface area contributed by atoms with E-state index in [1.165, 1.54) is 17.3 Å². The lowest BCUT2D eigenvalue weighted by Crippen LogP contribution is -2.00. The van der Waals surface area contributed by atoms with E-state index >= 15 is 0 Å². The zero-order valence-electron chi connectivity index (χ0n) is 16.0. The van der Waals surface area contributed by atoms with E-state index in [0.29, 0.717) is 17.6 Å². The lowest BCUT2D eigenvalue weighted by molar-refractivity contribution is 0.540. The van der Waals surface area contributed by atoms with Gasteiger partial charge < -0.3 is 4.42 Å². The molecule has 0 fully saturated rings. The van der Waals surface area contributed by atoms with Crippen LogP contribution in [0.15, 0.2) is 64.2 Å². The van der Waals surface area contributed by atoms with Gasteiger partial charge in [-0.1, -0.05) is 55.9 Å². The first-order valence-corrected chi connectivity index (χ1v) is 10.1. The molecule has 28 heavy (non-hydrogen) atoms. The maximum atomic E-state index is 5.84. The van der Waals surface area contributed by atoms with Gasteiger partial charge in [0.2, 0.25) is 11.0 Å². The lowest BCUT2D eigenvalue weighted by atomic mass is 10.0. The van der Waals surface area contributed by atoms with Gasteiger partial charge in [-0.15, -0.1) is 5.10 Å². The summed E-state index contributed by atoms with van der Waals surface area (Å²) in [5.74, 6) is 2.57. The molecule has 4 rings (SSSR count). The van der Waals surface area contributed by atoms with E-state index in [0.717, 1.165) is 27.9 Å². The molecule has 0 radical (unpaired) electrons. The molecule has 0 aliphatic rings. The van der Waals surface area contributed by atoms with Gasteiger partial charge in [0.05, 0.1) is 11.4 Å². The summed E-state index contributed by atoms with van der Waals surface area (Å²) in [6.45, 7) is 6.29. The summed E-state index contributed by atoms with van der Waals surface area (Å²) in [5, 5.41) is 12.9. The minimum Gasteiger partial charge on any atom is -0.441 e. The second kappa shape index (κ2) is 7.98. The number of thioether (sulfide) groups is 1. The third-order valence-corrected chi connectivity index (χ3v) is 5.43. The normalized spacial score (nSPS) is 11.3. The number of nitrogens with zero attached hydrogens (tertiary/aromatic N) is 5. The lowest BCUT2D eigenvalue weighted by Gasteiger charge is -2.07. The summed E-state index contributed by atoms with van der Waals surface area (Å²) in [5.41, 5.74) is 4.10. The second-order valence-corrected chi connectivity index (χ2v) is 7.74. The number of hydrogen-bond acceptors (Lipinski definition) is 6. The van der Waals surface area contributed by atoms with Gasteiger partial charge in [0.15, 0.2) is 0 Å². The minimum absolute atomic E-state index is 0.491. The molecule has 2 heterocycles. The van der Waals surface area contributed by atoms with Gasteiger partial charge in [-0.05, 0) is 53.1 Å². The van der Waals surface area contributed by atoms with Crippen molar-refractivity contribution in [2.45, 2.75) is 37.6 Å². The van der Waals surface area contributed by atoms with Crippen LogP contribution in [0.2, 0.25) is 0 Å². The first-order chi connectivity index (χ1) is 13.6. The maximum absolute atomic E-state index is 5.84. The van der Waals surface area contributed by atoms with Crippen molar-refractivity contribution in [2.75, 3.05) is 0 Å². The van der Waals surface area contributed by atoms with Gasteiger partial charge in [0, 0.05) is 11.3 Å². The zero-order chi connectivity index (χ0) is 19.5.